The smallest absolute Gasteiger partial charge is 0.180 e. The van der Waals surface area contributed by atoms with Gasteiger partial charge < -0.3 is 11.2 Å². The van der Waals surface area contributed by atoms with Gasteiger partial charge in [-0.2, -0.15) is 0 Å². The number of hydrogen-bond donors (Lipinski definition) is 3. The zero-order chi connectivity index (χ0) is 9.84. The number of hydrogen-bond acceptors (Lipinski definition) is 5. The molecule has 0 fully saturated rings. The monoisotopic (exact) mass is 180 g/mol. The van der Waals surface area contributed by atoms with Crippen LogP contribution in [0.25, 0.3) is 0 Å². The zero-order valence-electron chi connectivity index (χ0n) is 7.32. The molecule has 0 amide bonds. The molecule has 0 aromatic carbocycles. The van der Waals surface area contributed by atoms with Gasteiger partial charge in [0.25, 0.3) is 0 Å². The molecular formula is C8H12N4O. The van der Waals surface area contributed by atoms with Gasteiger partial charge in [0.05, 0.1) is 6.04 Å². The average molecular weight is 180 g/mol. The van der Waals surface area contributed by atoms with E-state index in [2.05, 4.69) is 10.4 Å². The Morgan fingerprint density at radius 1 is 1.62 bits per heavy atom. The fourth-order valence-electron chi connectivity index (χ4n) is 0.888. The predicted octanol–water partition coefficient (Wildman–Crippen LogP) is -0.103. The number of rotatable bonds is 3. The first-order valence-corrected chi connectivity index (χ1v) is 3.87. The second kappa shape index (κ2) is 3.97. The van der Waals surface area contributed by atoms with Gasteiger partial charge in [0.15, 0.2) is 5.78 Å². The molecule has 13 heavy (non-hydrogen) atoms. The van der Waals surface area contributed by atoms with Crippen molar-refractivity contribution in [2.24, 2.45) is 11.6 Å². The van der Waals surface area contributed by atoms with Gasteiger partial charge >= 0.3 is 0 Å². The lowest BCUT2D eigenvalue weighted by atomic mass is 10.1. The molecule has 0 bridgehead atoms. The van der Waals surface area contributed by atoms with E-state index in [1.807, 2.05) is 0 Å². The number of carbonyl (C=O) groups excluding carboxylic acids is 1. The van der Waals surface area contributed by atoms with E-state index in [0.717, 1.165) is 0 Å². The van der Waals surface area contributed by atoms with Crippen molar-refractivity contribution < 1.29 is 4.79 Å². The Morgan fingerprint density at radius 3 is 2.69 bits per heavy atom. The number of nitrogens with zero attached hydrogens (tertiary/aromatic N) is 1. The van der Waals surface area contributed by atoms with Crippen LogP contribution in [0.4, 0.5) is 5.82 Å². The minimum absolute atomic E-state index is 0.129. The van der Waals surface area contributed by atoms with E-state index in [0.29, 0.717) is 11.4 Å². The molecule has 5 heteroatoms. The maximum absolute atomic E-state index is 11.3. The van der Waals surface area contributed by atoms with Crippen LogP contribution in [0.5, 0.6) is 0 Å². The minimum atomic E-state index is -0.501. The van der Waals surface area contributed by atoms with Gasteiger partial charge in [0, 0.05) is 11.8 Å². The largest absolute Gasteiger partial charge is 0.321 e. The lowest BCUT2D eigenvalue weighted by molar-refractivity contribution is 0.0967. The van der Waals surface area contributed by atoms with Gasteiger partial charge in [-0.05, 0) is 19.1 Å². The number of nitrogens with two attached hydrogens (primary N) is 2. The number of nitrogens with one attached hydrogen (secondary N) is 1. The maximum atomic E-state index is 11.3. The Kier molecular flexibility index (Phi) is 2.94. The summed E-state index contributed by atoms with van der Waals surface area (Å²) in [4.78, 5) is 15.2. The quantitative estimate of drug-likeness (QED) is 0.343. The Balaban J connectivity index is 2.86. The van der Waals surface area contributed by atoms with Crippen molar-refractivity contribution in [3.05, 3.63) is 23.9 Å². The van der Waals surface area contributed by atoms with Crippen LogP contribution in [-0.4, -0.2) is 16.8 Å². The number of hydrazine groups is 1. The number of carbonyl (C=O) groups is 1. The molecule has 5 nitrogen and oxygen atoms in total. The van der Waals surface area contributed by atoms with Crippen LogP contribution in [0.3, 0.4) is 0 Å². The molecule has 0 aliphatic heterocycles. The average Bonchev–Trinajstić information content (AvgIpc) is 2.17. The van der Waals surface area contributed by atoms with Gasteiger partial charge in [-0.25, -0.2) is 10.8 Å². The van der Waals surface area contributed by atoms with E-state index in [1.54, 1.807) is 19.1 Å². The van der Waals surface area contributed by atoms with Crippen LogP contribution in [0.1, 0.15) is 17.3 Å². The van der Waals surface area contributed by atoms with Crippen LogP contribution in [0.2, 0.25) is 0 Å². The van der Waals surface area contributed by atoms with Gasteiger partial charge in [-0.1, -0.05) is 0 Å². The van der Waals surface area contributed by atoms with E-state index in [1.165, 1.54) is 6.20 Å². The molecule has 1 aromatic rings. The number of aromatic nitrogens is 1. The van der Waals surface area contributed by atoms with Crippen molar-refractivity contribution in [3.63, 3.8) is 0 Å². The third-order valence-corrected chi connectivity index (χ3v) is 1.61. The fourth-order valence-corrected chi connectivity index (χ4v) is 0.888. The van der Waals surface area contributed by atoms with E-state index >= 15 is 0 Å². The van der Waals surface area contributed by atoms with Crippen LogP contribution in [-0.2, 0) is 0 Å². The summed E-state index contributed by atoms with van der Waals surface area (Å²) in [6, 6.07) is 2.75. The summed E-state index contributed by atoms with van der Waals surface area (Å²) in [7, 11) is 0. The lowest BCUT2D eigenvalue weighted by Gasteiger charge is -2.04. The van der Waals surface area contributed by atoms with Crippen LogP contribution >= 0.6 is 0 Å². The first-order valence-electron chi connectivity index (χ1n) is 3.87. The standard InChI is InChI=1S/C8H12N4O/c1-5(9)8(13)6-2-3-7(12-10)11-4-6/h2-5H,9-10H2,1H3,(H,11,12). The molecule has 0 aliphatic rings. The van der Waals surface area contributed by atoms with E-state index < -0.39 is 6.04 Å². The molecule has 1 aromatic heterocycles. The molecule has 0 radical (unpaired) electrons. The Morgan fingerprint density at radius 2 is 2.31 bits per heavy atom. The van der Waals surface area contributed by atoms with Crippen molar-refractivity contribution in [1.82, 2.24) is 4.98 Å². The fraction of sp³-hybridized carbons (Fsp3) is 0.250. The first-order chi connectivity index (χ1) is 6.15. The van der Waals surface area contributed by atoms with E-state index in [4.69, 9.17) is 11.6 Å². The molecule has 0 aliphatic carbocycles. The third-order valence-electron chi connectivity index (χ3n) is 1.61. The van der Waals surface area contributed by atoms with Crippen molar-refractivity contribution >= 4 is 11.6 Å². The van der Waals surface area contributed by atoms with Gasteiger partial charge in [-0.3, -0.25) is 4.79 Å². The molecule has 0 saturated heterocycles. The van der Waals surface area contributed by atoms with Crippen molar-refractivity contribution in [2.75, 3.05) is 5.43 Å². The molecule has 1 rings (SSSR count). The first kappa shape index (κ1) is 9.63. The molecule has 5 N–H and O–H groups in total. The Hall–Kier alpha value is -1.46. The number of anilines is 1. The van der Waals surface area contributed by atoms with E-state index in [-0.39, 0.29) is 5.78 Å². The van der Waals surface area contributed by atoms with Crippen molar-refractivity contribution in [1.29, 1.82) is 0 Å². The van der Waals surface area contributed by atoms with Crippen molar-refractivity contribution in [2.45, 2.75) is 13.0 Å². The molecule has 1 atom stereocenters. The molecule has 0 saturated carbocycles. The number of ketones is 1. The summed E-state index contributed by atoms with van der Waals surface area (Å²) < 4.78 is 0. The second-order valence-electron chi connectivity index (χ2n) is 2.73. The topological polar surface area (TPSA) is 94.0 Å². The highest BCUT2D eigenvalue weighted by Gasteiger charge is 2.10. The number of pyridine rings is 1. The summed E-state index contributed by atoms with van der Waals surface area (Å²) in [6.07, 6.45) is 1.45. The summed E-state index contributed by atoms with van der Waals surface area (Å²) in [5.41, 5.74) is 8.28. The molecule has 70 valence electrons. The summed E-state index contributed by atoms with van der Waals surface area (Å²) in [5.74, 6) is 5.50. The SMILES string of the molecule is CC(N)C(=O)c1ccc(NN)nc1. The summed E-state index contributed by atoms with van der Waals surface area (Å²) >= 11 is 0. The van der Waals surface area contributed by atoms with Crippen LogP contribution in [0, 0.1) is 0 Å². The van der Waals surface area contributed by atoms with Gasteiger partial charge in [0.2, 0.25) is 0 Å². The second-order valence-corrected chi connectivity index (χ2v) is 2.73. The number of nitrogen functional groups attached to an aromatic ring is 1. The normalized spacial score (nSPS) is 12.2. The third kappa shape index (κ3) is 2.24. The molecule has 1 heterocycles. The molecule has 0 spiro atoms. The van der Waals surface area contributed by atoms with Gasteiger partial charge in [-0.15, -0.1) is 0 Å². The van der Waals surface area contributed by atoms with E-state index in [9.17, 15) is 4.79 Å². The minimum Gasteiger partial charge on any atom is -0.321 e. The highest BCUT2D eigenvalue weighted by atomic mass is 16.1. The summed E-state index contributed by atoms with van der Waals surface area (Å²) in [6.45, 7) is 1.64. The number of Topliss-reactive ketones (excluding diaryl/α,β-unsaturated/α-hetero) is 1. The molecular weight excluding hydrogens is 168 g/mol. The summed E-state index contributed by atoms with van der Waals surface area (Å²) in [5, 5.41) is 0. The van der Waals surface area contributed by atoms with Crippen LogP contribution < -0.4 is 17.0 Å². The predicted molar refractivity (Wildman–Crippen MR) is 50.0 cm³/mol. The highest BCUT2D eigenvalue weighted by molar-refractivity contribution is 5.99. The zero-order valence-corrected chi connectivity index (χ0v) is 7.32. The molecule has 1 unspecified atom stereocenters. The lowest BCUT2D eigenvalue weighted by Crippen LogP contribution is -2.26. The highest BCUT2D eigenvalue weighted by Crippen LogP contribution is 2.05. The van der Waals surface area contributed by atoms with Gasteiger partial charge in [0.1, 0.15) is 5.82 Å². The Labute approximate surface area is 76.1 Å². The van der Waals surface area contributed by atoms with Crippen molar-refractivity contribution in [3.8, 4) is 0 Å². The maximum Gasteiger partial charge on any atom is 0.180 e. The van der Waals surface area contributed by atoms with Crippen LogP contribution in [0.15, 0.2) is 18.3 Å². The Bertz CT molecular complexity index is 294.